The highest BCUT2D eigenvalue weighted by atomic mass is 32.1. The first kappa shape index (κ1) is 22.5. The van der Waals surface area contributed by atoms with E-state index in [0.717, 1.165) is 48.7 Å². The van der Waals surface area contributed by atoms with Crippen LogP contribution in [0.1, 0.15) is 29.3 Å². The number of methoxy groups -OCH3 is 1. The second-order valence-electron chi connectivity index (χ2n) is 7.59. The van der Waals surface area contributed by atoms with Crippen LogP contribution in [0.15, 0.2) is 28.7 Å². The molecule has 30 heavy (non-hydrogen) atoms. The largest absolute Gasteiger partial charge is 0.375 e. The summed E-state index contributed by atoms with van der Waals surface area (Å²) in [7, 11) is 7.71. The number of aromatic nitrogens is 2. The first-order chi connectivity index (χ1) is 14.5. The Hall–Kier alpha value is -2.23. The monoisotopic (exact) mass is 431 g/mol. The van der Waals surface area contributed by atoms with Gasteiger partial charge in [-0.15, -0.1) is 11.3 Å². The third-order valence-electron chi connectivity index (χ3n) is 5.35. The molecule has 0 aromatic carbocycles. The van der Waals surface area contributed by atoms with E-state index in [1.165, 1.54) is 5.56 Å². The molecular formula is C21H33N7OS. The summed E-state index contributed by atoms with van der Waals surface area (Å²) in [6, 6.07) is 4.14. The fourth-order valence-corrected chi connectivity index (χ4v) is 4.27. The molecule has 1 atom stereocenters. The maximum Gasteiger partial charge on any atom is 0.194 e. The highest BCUT2D eigenvalue weighted by Crippen LogP contribution is 2.21. The van der Waals surface area contributed by atoms with Crippen molar-refractivity contribution >= 4 is 23.1 Å². The van der Waals surface area contributed by atoms with Gasteiger partial charge in [-0.3, -0.25) is 4.99 Å². The number of likely N-dealkylation sites (N-methyl/N-ethyl adjacent to an activating group) is 1. The van der Waals surface area contributed by atoms with E-state index in [0.29, 0.717) is 13.1 Å². The van der Waals surface area contributed by atoms with E-state index in [4.69, 9.17) is 4.74 Å². The van der Waals surface area contributed by atoms with Crippen LogP contribution < -0.4 is 10.2 Å². The Morgan fingerprint density at radius 3 is 2.83 bits per heavy atom. The predicted octanol–water partition coefficient (Wildman–Crippen LogP) is 2.20. The minimum atomic E-state index is 0.0186. The van der Waals surface area contributed by atoms with Crippen LogP contribution in [-0.2, 0) is 17.8 Å². The first-order valence-corrected chi connectivity index (χ1v) is 11.2. The Morgan fingerprint density at radius 1 is 1.37 bits per heavy atom. The average molecular weight is 432 g/mol. The van der Waals surface area contributed by atoms with Gasteiger partial charge in [0.25, 0.3) is 0 Å². The smallest absolute Gasteiger partial charge is 0.194 e. The summed E-state index contributed by atoms with van der Waals surface area (Å²) < 4.78 is 5.36. The zero-order valence-electron chi connectivity index (χ0n) is 18.6. The van der Waals surface area contributed by atoms with Crippen molar-refractivity contribution in [3.8, 4) is 0 Å². The Morgan fingerprint density at radius 2 is 2.13 bits per heavy atom. The highest BCUT2D eigenvalue weighted by molar-refractivity contribution is 7.09. The second kappa shape index (κ2) is 10.7. The van der Waals surface area contributed by atoms with Gasteiger partial charge in [0, 0.05) is 71.1 Å². The molecule has 1 saturated heterocycles. The molecule has 8 nitrogen and oxygen atoms in total. The van der Waals surface area contributed by atoms with E-state index in [-0.39, 0.29) is 6.10 Å². The molecule has 1 fully saturated rings. The molecule has 3 heterocycles. The molecule has 1 aliphatic rings. The van der Waals surface area contributed by atoms with E-state index in [2.05, 4.69) is 53.5 Å². The van der Waals surface area contributed by atoms with Crippen LogP contribution in [-0.4, -0.2) is 80.2 Å². The fraction of sp³-hybridized carbons (Fsp3) is 0.571. The molecule has 1 N–H and O–H groups in total. The lowest BCUT2D eigenvalue weighted by Crippen LogP contribution is -2.45. The van der Waals surface area contributed by atoms with Crippen molar-refractivity contribution in [2.24, 2.45) is 4.99 Å². The fourth-order valence-electron chi connectivity index (χ4n) is 3.43. The SMILES string of the molecule is CN=C(NCc1cccnc1N1CCN(C)CC1)N(C)Cc1csc(C(C)OC)n1. The van der Waals surface area contributed by atoms with Crippen molar-refractivity contribution in [3.63, 3.8) is 0 Å². The number of anilines is 1. The van der Waals surface area contributed by atoms with Crippen LogP contribution in [0.3, 0.4) is 0 Å². The maximum absolute atomic E-state index is 5.36. The summed E-state index contributed by atoms with van der Waals surface area (Å²) in [6.07, 6.45) is 1.89. The van der Waals surface area contributed by atoms with Crippen molar-refractivity contribution < 1.29 is 4.74 Å². The molecule has 0 radical (unpaired) electrons. The second-order valence-corrected chi connectivity index (χ2v) is 8.48. The van der Waals surface area contributed by atoms with E-state index in [9.17, 15) is 0 Å². The number of nitrogens with one attached hydrogen (secondary N) is 1. The first-order valence-electron chi connectivity index (χ1n) is 10.3. The Balaban J connectivity index is 1.61. The molecule has 0 saturated carbocycles. The standard InChI is InChI=1S/C21H33N7OS/c1-16(29-5)20-25-18(15-30-20)14-27(4)21(22-2)24-13-17-7-6-8-23-19(17)28-11-9-26(3)10-12-28/h6-8,15-16H,9-14H2,1-5H3,(H,22,24). The topological polar surface area (TPSA) is 69.1 Å². The minimum absolute atomic E-state index is 0.0186. The van der Waals surface area contributed by atoms with Crippen LogP contribution in [0.5, 0.6) is 0 Å². The predicted molar refractivity (Wildman–Crippen MR) is 123 cm³/mol. The Labute approximate surface area is 183 Å². The van der Waals surface area contributed by atoms with Gasteiger partial charge in [-0.25, -0.2) is 9.97 Å². The lowest BCUT2D eigenvalue weighted by Gasteiger charge is -2.34. The minimum Gasteiger partial charge on any atom is -0.375 e. The number of thiazole rings is 1. The normalized spacial score (nSPS) is 16.6. The lowest BCUT2D eigenvalue weighted by atomic mass is 10.2. The molecule has 164 valence electrons. The van der Waals surface area contributed by atoms with Gasteiger partial charge in [0.1, 0.15) is 16.9 Å². The summed E-state index contributed by atoms with van der Waals surface area (Å²) in [4.78, 5) is 20.6. The van der Waals surface area contributed by atoms with E-state index < -0.39 is 0 Å². The number of ether oxygens (including phenoxy) is 1. The number of hydrogen-bond acceptors (Lipinski definition) is 7. The van der Waals surface area contributed by atoms with Crippen molar-refractivity contribution in [1.82, 2.24) is 25.1 Å². The van der Waals surface area contributed by atoms with Gasteiger partial charge in [0.15, 0.2) is 5.96 Å². The number of piperazine rings is 1. The van der Waals surface area contributed by atoms with Gasteiger partial charge in [-0.2, -0.15) is 0 Å². The number of nitrogens with zero attached hydrogens (tertiary/aromatic N) is 6. The maximum atomic E-state index is 5.36. The summed E-state index contributed by atoms with van der Waals surface area (Å²) in [5, 5.41) is 6.57. The molecule has 1 unspecified atom stereocenters. The highest BCUT2D eigenvalue weighted by Gasteiger charge is 2.18. The van der Waals surface area contributed by atoms with Crippen molar-refractivity contribution in [1.29, 1.82) is 0 Å². The zero-order valence-corrected chi connectivity index (χ0v) is 19.4. The number of aliphatic imine (C=N–C) groups is 1. The molecule has 2 aromatic heterocycles. The number of rotatable bonds is 7. The molecule has 0 aliphatic carbocycles. The van der Waals surface area contributed by atoms with Gasteiger partial charge in [-0.05, 0) is 20.0 Å². The van der Waals surface area contributed by atoms with E-state index >= 15 is 0 Å². The molecule has 2 aromatic rings. The van der Waals surface area contributed by atoms with Gasteiger partial charge in [0.2, 0.25) is 0 Å². The summed E-state index contributed by atoms with van der Waals surface area (Å²) in [5.74, 6) is 1.89. The summed E-state index contributed by atoms with van der Waals surface area (Å²) >= 11 is 1.63. The van der Waals surface area contributed by atoms with Crippen LogP contribution in [0.25, 0.3) is 0 Å². The van der Waals surface area contributed by atoms with Crippen molar-refractivity contribution in [3.05, 3.63) is 40.0 Å². The Kier molecular flexibility index (Phi) is 8.01. The van der Waals surface area contributed by atoms with Gasteiger partial charge in [0.05, 0.1) is 12.2 Å². The molecule has 9 heteroatoms. The van der Waals surface area contributed by atoms with E-state index in [1.807, 2.05) is 33.3 Å². The van der Waals surface area contributed by atoms with Gasteiger partial charge < -0.3 is 24.8 Å². The van der Waals surface area contributed by atoms with Gasteiger partial charge in [-0.1, -0.05) is 6.07 Å². The summed E-state index contributed by atoms with van der Waals surface area (Å²) in [6.45, 7) is 7.50. The van der Waals surface area contributed by atoms with Gasteiger partial charge >= 0.3 is 0 Å². The molecule has 3 rings (SSSR count). The molecule has 1 aliphatic heterocycles. The number of hydrogen-bond donors (Lipinski definition) is 1. The van der Waals surface area contributed by atoms with Crippen LogP contribution in [0.2, 0.25) is 0 Å². The summed E-state index contributed by atoms with van der Waals surface area (Å²) in [5.41, 5.74) is 2.20. The molecule has 0 amide bonds. The quantitative estimate of drug-likeness (QED) is 0.532. The van der Waals surface area contributed by atoms with Crippen LogP contribution in [0.4, 0.5) is 5.82 Å². The van der Waals surface area contributed by atoms with Crippen molar-refractivity contribution in [2.75, 3.05) is 59.3 Å². The van der Waals surface area contributed by atoms with Crippen molar-refractivity contribution in [2.45, 2.75) is 26.1 Å². The zero-order chi connectivity index (χ0) is 21.5. The molecule has 0 spiro atoms. The van der Waals surface area contributed by atoms with Crippen LogP contribution >= 0.6 is 11.3 Å². The lowest BCUT2D eigenvalue weighted by molar-refractivity contribution is 0.119. The number of guanidine groups is 1. The third-order valence-corrected chi connectivity index (χ3v) is 6.41. The molecular weight excluding hydrogens is 398 g/mol. The Bertz CT molecular complexity index is 832. The number of pyridine rings is 1. The van der Waals surface area contributed by atoms with Crippen LogP contribution in [0, 0.1) is 0 Å². The molecule has 0 bridgehead atoms. The third kappa shape index (κ3) is 5.68. The van der Waals surface area contributed by atoms with E-state index in [1.54, 1.807) is 18.4 Å². The average Bonchev–Trinajstić information content (AvgIpc) is 3.23.